The number of aliphatic hydroxyl groups excluding tert-OH is 2. The number of oxime groups is 1. The number of nitrogens with zero attached hydrogens (tertiary/aromatic N) is 2. The van der Waals surface area contributed by atoms with E-state index in [1.165, 1.54) is 4.90 Å². The number of fused-ring (bicyclic) bond motifs is 3. The molecule has 0 spiro atoms. The molecule has 1 aliphatic heterocycles. The summed E-state index contributed by atoms with van der Waals surface area (Å²) >= 11 is 0. The highest BCUT2D eigenvalue weighted by Crippen LogP contribution is 2.49. The van der Waals surface area contributed by atoms with Gasteiger partial charge in [0.1, 0.15) is 6.61 Å². The summed E-state index contributed by atoms with van der Waals surface area (Å²) in [5, 5.41) is 25.4. The van der Waals surface area contributed by atoms with Gasteiger partial charge in [0.15, 0.2) is 0 Å². The molecule has 0 bridgehead atoms. The number of benzene rings is 1. The van der Waals surface area contributed by atoms with E-state index in [9.17, 15) is 19.8 Å². The molecule has 0 unspecified atom stereocenters. The minimum absolute atomic E-state index is 0.151. The number of imide groups is 1. The summed E-state index contributed by atoms with van der Waals surface area (Å²) in [6.07, 6.45) is -0.599. The van der Waals surface area contributed by atoms with Crippen LogP contribution in [-0.2, 0) is 21.0 Å². The fraction of sp³-hybridized carbons (Fsp3) is 0.571. The number of rotatable bonds is 4. The van der Waals surface area contributed by atoms with Gasteiger partial charge in [-0.25, -0.2) is 0 Å². The third kappa shape index (κ3) is 3.12. The van der Waals surface area contributed by atoms with Gasteiger partial charge in [-0.3, -0.25) is 14.5 Å². The van der Waals surface area contributed by atoms with Crippen LogP contribution >= 0.6 is 0 Å². The van der Waals surface area contributed by atoms with Crippen molar-refractivity contribution >= 4 is 17.5 Å². The van der Waals surface area contributed by atoms with E-state index in [0.717, 1.165) is 5.56 Å². The van der Waals surface area contributed by atoms with Crippen LogP contribution in [-0.4, -0.2) is 51.4 Å². The van der Waals surface area contributed by atoms with Crippen molar-refractivity contribution in [3.63, 3.8) is 0 Å². The second-order valence-corrected chi connectivity index (χ2v) is 7.92. The van der Waals surface area contributed by atoms with Crippen LogP contribution in [0.25, 0.3) is 0 Å². The van der Waals surface area contributed by atoms with Crippen molar-refractivity contribution < 1.29 is 24.6 Å². The standard InChI is InChI=1S/C21H26N2O5/c1-2-23-20(26)14-9-8-13-15(22-28-11-12-6-4-3-5-7-12)10-16(24)19(25)17(13)18(14)21(23)27/h3-7,13-14,16-19,24-25H,2,8-11H2,1H3/b22-15+/t13-,14+,16+,17-,18+,19+/m0/s1. The summed E-state index contributed by atoms with van der Waals surface area (Å²) in [6, 6.07) is 9.65. The largest absolute Gasteiger partial charge is 0.391 e. The molecule has 0 aromatic heterocycles. The van der Waals surface area contributed by atoms with Gasteiger partial charge in [0, 0.05) is 24.8 Å². The van der Waals surface area contributed by atoms with E-state index in [4.69, 9.17) is 4.84 Å². The molecule has 1 aromatic rings. The van der Waals surface area contributed by atoms with E-state index < -0.39 is 30.0 Å². The molecule has 7 heteroatoms. The molecule has 2 N–H and O–H groups in total. The first-order valence-corrected chi connectivity index (χ1v) is 9.97. The van der Waals surface area contributed by atoms with Gasteiger partial charge in [0.2, 0.25) is 11.8 Å². The minimum atomic E-state index is -1.04. The van der Waals surface area contributed by atoms with E-state index in [1.54, 1.807) is 6.92 Å². The predicted octanol–water partition coefficient (Wildman–Crippen LogP) is 1.33. The highest BCUT2D eigenvalue weighted by atomic mass is 16.6. The molecule has 2 aliphatic carbocycles. The monoisotopic (exact) mass is 386 g/mol. The predicted molar refractivity (Wildman–Crippen MR) is 101 cm³/mol. The van der Waals surface area contributed by atoms with Crippen LogP contribution in [0.2, 0.25) is 0 Å². The van der Waals surface area contributed by atoms with Crippen LogP contribution in [0.1, 0.15) is 31.7 Å². The van der Waals surface area contributed by atoms with E-state index in [0.29, 0.717) is 31.7 Å². The van der Waals surface area contributed by atoms with Gasteiger partial charge in [0.25, 0.3) is 0 Å². The Bertz CT molecular complexity index is 780. The van der Waals surface area contributed by atoms with Gasteiger partial charge in [-0.2, -0.15) is 0 Å². The number of amides is 2. The van der Waals surface area contributed by atoms with Crippen LogP contribution in [0.5, 0.6) is 0 Å². The van der Waals surface area contributed by atoms with Crippen molar-refractivity contribution in [2.75, 3.05) is 6.54 Å². The lowest BCUT2D eigenvalue weighted by atomic mass is 9.60. The van der Waals surface area contributed by atoms with Crippen molar-refractivity contribution in [1.29, 1.82) is 0 Å². The molecule has 0 radical (unpaired) electrons. The second-order valence-electron chi connectivity index (χ2n) is 7.92. The lowest BCUT2D eigenvalue weighted by Crippen LogP contribution is -2.54. The van der Waals surface area contributed by atoms with E-state index >= 15 is 0 Å². The smallest absolute Gasteiger partial charge is 0.233 e. The van der Waals surface area contributed by atoms with Gasteiger partial charge < -0.3 is 15.1 Å². The summed E-state index contributed by atoms with van der Waals surface area (Å²) < 4.78 is 0. The number of carbonyl (C=O) groups excluding carboxylic acids is 2. The van der Waals surface area contributed by atoms with Gasteiger partial charge in [-0.05, 0) is 25.3 Å². The first-order chi connectivity index (χ1) is 13.5. The zero-order chi connectivity index (χ0) is 19.8. The quantitative estimate of drug-likeness (QED) is 0.601. The Morgan fingerprint density at radius 2 is 1.82 bits per heavy atom. The van der Waals surface area contributed by atoms with E-state index in [1.807, 2.05) is 30.3 Å². The molecular formula is C21H26N2O5. The van der Waals surface area contributed by atoms with Crippen LogP contribution in [0.4, 0.5) is 0 Å². The average Bonchev–Trinajstić information content (AvgIpc) is 2.96. The van der Waals surface area contributed by atoms with Crippen molar-refractivity contribution in [3.05, 3.63) is 35.9 Å². The number of carbonyl (C=O) groups is 2. The molecule has 7 nitrogen and oxygen atoms in total. The van der Waals surface area contributed by atoms with Crippen molar-refractivity contribution in [3.8, 4) is 0 Å². The number of aliphatic hydroxyl groups is 2. The SMILES string of the molecule is CCN1C(=O)[C@H]2[C@H]3[C@H](O)[C@H](O)C/C(=N\OCc4ccccc4)[C@@H]3CC[C@H]2C1=O. The van der Waals surface area contributed by atoms with Crippen LogP contribution in [0.15, 0.2) is 35.5 Å². The van der Waals surface area contributed by atoms with Crippen molar-refractivity contribution in [2.45, 2.75) is 45.0 Å². The van der Waals surface area contributed by atoms with Crippen LogP contribution in [0.3, 0.4) is 0 Å². The molecule has 4 rings (SSSR count). The highest BCUT2D eigenvalue weighted by Gasteiger charge is 2.59. The molecule has 2 saturated carbocycles. The Morgan fingerprint density at radius 1 is 1.11 bits per heavy atom. The normalized spacial score (nSPS) is 36.4. The number of hydrogen-bond donors (Lipinski definition) is 2. The third-order valence-corrected chi connectivity index (χ3v) is 6.44. The highest BCUT2D eigenvalue weighted by molar-refractivity contribution is 6.06. The minimum Gasteiger partial charge on any atom is -0.391 e. The summed E-state index contributed by atoms with van der Waals surface area (Å²) in [4.78, 5) is 32.2. The van der Waals surface area contributed by atoms with Gasteiger partial charge >= 0.3 is 0 Å². The molecule has 3 fully saturated rings. The maximum absolute atomic E-state index is 12.8. The lowest BCUT2D eigenvalue weighted by Gasteiger charge is -2.45. The fourth-order valence-corrected chi connectivity index (χ4v) is 5.11. The number of hydrogen-bond acceptors (Lipinski definition) is 6. The Balaban J connectivity index is 1.56. The van der Waals surface area contributed by atoms with Crippen molar-refractivity contribution in [1.82, 2.24) is 4.90 Å². The molecule has 1 heterocycles. The number of likely N-dealkylation sites (tertiary alicyclic amines) is 1. The lowest BCUT2D eigenvalue weighted by molar-refractivity contribution is -0.141. The summed E-state index contributed by atoms with van der Waals surface area (Å²) in [5.74, 6) is -2.04. The van der Waals surface area contributed by atoms with Gasteiger partial charge in [-0.15, -0.1) is 0 Å². The van der Waals surface area contributed by atoms with Gasteiger partial charge in [-0.1, -0.05) is 35.5 Å². The average molecular weight is 386 g/mol. The fourth-order valence-electron chi connectivity index (χ4n) is 5.11. The zero-order valence-electron chi connectivity index (χ0n) is 15.9. The maximum Gasteiger partial charge on any atom is 0.233 e. The summed E-state index contributed by atoms with van der Waals surface area (Å²) in [5.41, 5.74) is 1.66. The molecule has 3 aliphatic rings. The molecule has 6 atom stereocenters. The Hall–Kier alpha value is -2.25. The molecule has 1 aromatic carbocycles. The molecular weight excluding hydrogens is 360 g/mol. The van der Waals surface area contributed by atoms with Crippen LogP contribution in [0, 0.1) is 23.7 Å². The molecule has 1 saturated heterocycles. The van der Waals surface area contributed by atoms with Crippen molar-refractivity contribution in [2.24, 2.45) is 28.8 Å². The topological polar surface area (TPSA) is 99.4 Å². The molecule has 150 valence electrons. The molecule has 28 heavy (non-hydrogen) atoms. The van der Waals surface area contributed by atoms with Gasteiger partial charge in [0.05, 0.1) is 29.8 Å². The summed E-state index contributed by atoms with van der Waals surface area (Å²) in [6.45, 7) is 2.43. The van der Waals surface area contributed by atoms with E-state index in [2.05, 4.69) is 5.16 Å². The van der Waals surface area contributed by atoms with E-state index in [-0.39, 0.29) is 24.2 Å². The van der Waals surface area contributed by atoms with Crippen LogP contribution < -0.4 is 0 Å². The first-order valence-electron chi connectivity index (χ1n) is 9.97. The Kier molecular flexibility index (Phi) is 5.21. The second kappa shape index (κ2) is 7.64. The summed E-state index contributed by atoms with van der Waals surface area (Å²) in [7, 11) is 0. The maximum atomic E-state index is 12.8. The Morgan fingerprint density at radius 3 is 2.54 bits per heavy atom. The molecule has 2 amide bonds. The Labute approximate surface area is 164 Å². The first kappa shape index (κ1) is 19.1. The third-order valence-electron chi connectivity index (χ3n) is 6.44. The zero-order valence-corrected chi connectivity index (χ0v) is 15.9.